The number of aliphatic hydroxyl groups is 6. The summed E-state index contributed by atoms with van der Waals surface area (Å²) < 4.78 is 0. The fourth-order valence-corrected chi connectivity index (χ4v) is 2.64. The average Bonchev–Trinajstić information content (AvgIpc) is 2.54. The van der Waals surface area contributed by atoms with Gasteiger partial charge in [0, 0.05) is 0 Å². The van der Waals surface area contributed by atoms with Gasteiger partial charge in [-0.25, -0.2) is 0 Å². The van der Waals surface area contributed by atoms with Crippen molar-refractivity contribution >= 4 is 0 Å². The molecule has 138 valence electrons. The van der Waals surface area contributed by atoms with E-state index in [4.69, 9.17) is 0 Å². The Morgan fingerprint density at radius 3 is 1.12 bits per heavy atom. The molecular formula is C18H30O6. The van der Waals surface area contributed by atoms with E-state index in [1.807, 2.05) is 0 Å². The molecule has 0 saturated carbocycles. The Morgan fingerprint density at radius 2 is 0.917 bits per heavy atom. The highest BCUT2D eigenvalue weighted by Crippen LogP contribution is 2.33. The second-order valence-electron chi connectivity index (χ2n) is 5.94. The Bertz CT molecular complexity index is 397. The van der Waals surface area contributed by atoms with Crippen LogP contribution in [0, 0.1) is 0 Å². The molecule has 24 heavy (non-hydrogen) atoms. The Labute approximate surface area is 143 Å². The molecule has 0 aromatic heterocycles. The summed E-state index contributed by atoms with van der Waals surface area (Å²) in [5, 5.41) is 62.6. The van der Waals surface area contributed by atoms with Gasteiger partial charge < -0.3 is 30.6 Å². The van der Waals surface area contributed by atoms with Crippen LogP contribution >= 0.6 is 0 Å². The fourth-order valence-electron chi connectivity index (χ4n) is 2.64. The predicted molar refractivity (Wildman–Crippen MR) is 93.2 cm³/mol. The van der Waals surface area contributed by atoms with Crippen LogP contribution < -0.4 is 0 Å². The molecule has 0 rings (SSSR count). The first-order valence-electron chi connectivity index (χ1n) is 7.76. The third-order valence-electron chi connectivity index (χ3n) is 4.20. The molecule has 0 fully saturated rings. The van der Waals surface area contributed by atoms with Crippen molar-refractivity contribution in [1.29, 1.82) is 0 Å². The molecule has 6 atom stereocenters. The third-order valence-corrected chi connectivity index (χ3v) is 4.20. The van der Waals surface area contributed by atoms with Crippen LogP contribution in [0.5, 0.6) is 0 Å². The maximum absolute atomic E-state index is 10.7. The van der Waals surface area contributed by atoms with Crippen molar-refractivity contribution in [3.63, 3.8) is 0 Å². The molecule has 6 heteroatoms. The molecule has 0 aromatic carbocycles. The van der Waals surface area contributed by atoms with Crippen molar-refractivity contribution < 1.29 is 30.6 Å². The van der Waals surface area contributed by atoms with E-state index in [0.717, 1.165) is 0 Å². The van der Waals surface area contributed by atoms with E-state index >= 15 is 0 Å². The average molecular weight is 342 g/mol. The lowest BCUT2D eigenvalue weighted by Gasteiger charge is -2.44. The summed E-state index contributed by atoms with van der Waals surface area (Å²) in [6.07, 6.45) is -2.20. The van der Waals surface area contributed by atoms with Crippen LogP contribution in [0.3, 0.4) is 0 Å². The van der Waals surface area contributed by atoms with Gasteiger partial charge in [0.15, 0.2) is 0 Å². The molecule has 0 aromatic rings. The SMILES string of the molecule is C=CCC(O)[C@](O)(CC=C)[C@@H](O)[C@H](O)[C@@](O)(CC=C)C(O)CC=C. The predicted octanol–water partition coefficient (Wildman–Crippen LogP) is 0.197. The molecule has 0 bridgehead atoms. The van der Waals surface area contributed by atoms with Crippen LogP contribution in [0.2, 0.25) is 0 Å². The first-order chi connectivity index (χ1) is 11.1. The van der Waals surface area contributed by atoms with E-state index < -0.39 is 35.6 Å². The van der Waals surface area contributed by atoms with Gasteiger partial charge in [-0.05, 0) is 25.7 Å². The molecule has 0 aliphatic rings. The highest BCUT2D eigenvalue weighted by molar-refractivity contribution is 5.09. The number of hydrogen-bond acceptors (Lipinski definition) is 6. The van der Waals surface area contributed by atoms with Crippen molar-refractivity contribution in [3.05, 3.63) is 50.6 Å². The largest absolute Gasteiger partial charge is 0.390 e. The van der Waals surface area contributed by atoms with E-state index in [0.29, 0.717) is 0 Å². The molecular weight excluding hydrogens is 312 g/mol. The van der Waals surface area contributed by atoms with Crippen molar-refractivity contribution in [2.75, 3.05) is 0 Å². The highest BCUT2D eigenvalue weighted by atomic mass is 16.4. The van der Waals surface area contributed by atoms with Gasteiger partial charge in [0.2, 0.25) is 0 Å². The zero-order valence-corrected chi connectivity index (χ0v) is 14.0. The summed E-state index contributed by atoms with van der Waals surface area (Å²) in [6.45, 7) is 13.8. The lowest BCUT2D eigenvalue weighted by molar-refractivity contribution is -0.230. The molecule has 0 saturated heterocycles. The number of aliphatic hydroxyl groups excluding tert-OH is 4. The molecule has 0 radical (unpaired) electrons. The second-order valence-corrected chi connectivity index (χ2v) is 5.94. The van der Waals surface area contributed by atoms with E-state index in [-0.39, 0.29) is 25.7 Å². The van der Waals surface area contributed by atoms with Gasteiger partial charge >= 0.3 is 0 Å². The van der Waals surface area contributed by atoms with E-state index in [9.17, 15) is 30.6 Å². The minimum atomic E-state index is -2.18. The van der Waals surface area contributed by atoms with Gasteiger partial charge in [-0.15, -0.1) is 26.3 Å². The first-order valence-corrected chi connectivity index (χ1v) is 7.76. The van der Waals surface area contributed by atoms with Gasteiger partial charge in [-0.3, -0.25) is 0 Å². The van der Waals surface area contributed by atoms with Crippen LogP contribution in [-0.2, 0) is 0 Å². The molecule has 6 N–H and O–H groups in total. The quantitative estimate of drug-likeness (QED) is 0.266. The second kappa shape index (κ2) is 9.88. The van der Waals surface area contributed by atoms with E-state index in [1.165, 1.54) is 24.3 Å². The molecule has 0 spiro atoms. The van der Waals surface area contributed by atoms with Crippen molar-refractivity contribution in [2.45, 2.75) is 61.3 Å². The molecule has 2 unspecified atom stereocenters. The van der Waals surface area contributed by atoms with E-state index in [2.05, 4.69) is 26.3 Å². The van der Waals surface area contributed by atoms with Crippen LogP contribution in [0.25, 0.3) is 0 Å². The van der Waals surface area contributed by atoms with Crippen LogP contribution in [0.1, 0.15) is 25.7 Å². The molecule has 6 nitrogen and oxygen atoms in total. The minimum Gasteiger partial charge on any atom is -0.390 e. The maximum Gasteiger partial charge on any atom is 0.123 e. The zero-order valence-electron chi connectivity index (χ0n) is 14.0. The number of hydrogen-bond donors (Lipinski definition) is 6. The smallest absolute Gasteiger partial charge is 0.123 e. The third kappa shape index (κ3) is 4.86. The van der Waals surface area contributed by atoms with Crippen molar-refractivity contribution in [2.24, 2.45) is 0 Å². The van der Waals surface area contributed by atoms with Gasteiger partial charge in [0.05, 0.1) is 12.2 Å². The summed E-state index contributed by atoms with van der Waals surface area (Å²) >= 11 is 0. The first kappa shape index (κ1) is 22.7. The summed E-state index contributed by atoms with van der Waals surface area (Å²) in [7, 11) is 0. The Morgan fingerprint density at radius 1 is 0.625 bits per heavy atom. The minimum absolute atomic E-state index is 0.0524. The van der Waals surface area contributed by atoms with Crippen molar-refractivity contribution in [1.82, 2.24) is 0 Å². The normalized spacial score (nSPS) is 21.4. The van der Waals surface area contributed by atoms with Gasteiger partial charge in [0.1, 0.15) is 23.4 Å². The fraction of sp³-hybridized carbons (Fsp3) is 0.556. The van der Waals surface area contributed by atoms with Gasteiger partial charge in [-0.2, -0.15) is 0 Å². The summed E-state index contributed by atoms with van der Waals surface area (Å²) in [4.78, 5) is 0. The topological polar surface area (TPSA) is 121 Å². The zero-order chi connectivity index (χ0) is 19.0. The number of rotatable bonds is 13. The lowest BCUT2D eigenvalue weighted by atomic mass is 9.74. The summed E-state index contributed by atoms with van der Waals surface area (Å²) in [6, 6.07) is 0. The van der Waals surface area contributed by atoms with Gasteiger partial charge in [-0.1, -0.05) is 24.3 Å². The lowest BCUT2D eigenvalue weighted by Crippen LogP contribution is -2.65. The Balaban J connectivity index is 5.75. The molecule has 0 amide bonds. The Kier molecular flexibility index (Phi) is 9.35. The summed E-state index contributed by atoms with van der Waals surface area (Å²) in [5.41, 5.74) is -4.36. The summed E-state index contributed by atoms with van der Waals surface area (Å²) in [5.74, 6) is 0. The Hall–Kier alpha value is -1.28. The van der Waals surface area contributed by atoms with Crippen LogP contribution in [0.15, 0.2) is 50.6 Å². The molecule has 0 aliphatic carbocycles. The molecule has 0 heterocycles. The standard InChI is InChI=1S/C18H30O6/c1-5-9-13(19)17(23,11-7-3)15(21)16(22)18(24,12-8-4)14(20)10-6-2/h5-8,13-16,19-24H,1-4,9-12H2/t13?,14?,15-,16-,17+,18+/m0/s1. The van der Waals surface area contributed by atoms with Crippen molar-refractivity contribution in [3.8, 4) is 0 Å². The van der Waals surface area contributed by atoms with E-state index in [1.54, 1.807) is 0 Å². The van der Waals surface area contributed by atoms with Gasteiger partial charge in [0.25, 0.3) is 0 Å². The van der Waals surface area contributed by atoms with Crippen LogP contribution in [-0.4, -0.2) is 66.3 Å². The van der Waals surface area contributed by atoms with Crippen LogP contribution in [0.4, 0.5) is 0 Å². The molecule has 0 aliphatic heterocycles. The monoisotopic (exact) mass is 342 g/mol. The maximum atomic E-state index is 10.7. The highest BCUT2D eigenvalue weighted by Gasteiger charge is 2.53.